The number of amides is 2. The summed E-state index contributed by atoms with van der Waals surface area (Å²) in [6.45, 7) is -0.388. The van der Waals surface area contributed by atoms with Crippen LogP contribution < -0.4 is 5.32 Å². The Morgan fingerprint density at radius 1 is 0.892 bits per heavy atom. The molecule has 10 nitrogen and oxygen atoms in total. The first-order valence-electron chi connectivity index (χ1n) is 12.0. The van der Waals surface area contributed by atoms with Crippen molar-refractivity contribution in [2.75, 3.05) is 13.7 Å². The van der Waals surface area contributed by atoms with Crippen molar-refractivity contribution in [1.29, 1.82) is 0 Å². The molecule has 5 aromatic rings. The lowest BCUT2D eigenvalue weighted by Crippen LogP contribution is -2.56. The van der Waals surface area contributed by atoms with E-state index in [0.29, 0.717) is 44.0 Å². The van der Waals surface area contributed by atoms with Crippen molar-refractivity contribution in [3.05, 3.63) is 59.2 Å². The largest absolute Gasteiger partial charge is 0.394 e. The number of carbonyl (C=O) groups excluding carboxylic acids is 2. The van der Waals surface area contributed by atoms with Gasteiger partial charge in [-0.15, -0.1) is 0 Å². The van der Waals surface area contributed by atoms with Crippen molar-refractivity contribution in [2.45, 2.75) is 30.5 Å². The number of ether oxygens (including phenoxy) is 2. The Bertz CT molecular complexity index is 1770. The van der Waals surface area contributed by atoms with E-state index in [1.54, 1.807) is 18.2 Å². The number of aromatic nitrogens is 2. The molecular weight excluding hydrogens is 478 g/mol. The van der Waals surface area contributed by atoms with Gasteiger partial charge >= 0.3 is 0 Å². The molecule has 0 radical (unpaired) electrons. The molecule has 4 heterocycles. The van der Waals surface area contributed by atoms with E-state index in [4.69, 9.17) is 9.47 Å². The van der Waals surface area contributed by atoms with Crippen molar-refractivity contribution in [3.8, 4) is 0 Å². The van der Waals surface area contributed by atoms with Gasteiger partial charge in [-0.25, -0.2) is 0 Å². The van der Waals surface area contributed by atoms with E-state index in [1.807, 2.05) is 24.3 Å². The Morgan fingerprint density at radius 2 is 1.54 bits per heavy atom. The molecular formula is C27H23N3O7. The highest BCUT2D eigenvalue weighted by Crippen LogP contribution is 2.43. The van der Waals surface area contributed by atoms with Crippen molar-refractivity contribution in [2.24, 2.45) is 0 Å². The maximum absolute atomic E-state index is 13.0. The molecule has 2 aliphatic rings. The molecule has 1 saturated heterocycles. The van der Waals surface area contributed by atoms with E-state index >= 15 is 0 Å². The Balaban J connectivity index is 1.48. The van der Waals surface area contributed by atoms with Gasteiger partial charge in [0.1, 0.15) is 30.5 Å². The number of H-pyrrole nitrogens is 2. The van der Waals surface area contributed by atoms with Crippen LogP contribution in [-0.2, 0) is 9.47 Å². The number of benzene rings is 3. The highest BCUT2D eigenvalue weighted by Gasteiger charge is 2.45. The van der Waals surface area contributed by atoms with Crippen molar-refractivity contribution in [1.82, 2.24) is 15.3 Å². The number of para-hydroxylation sites is 1. The normalized spacial score (nSPS) is 26.0. The summed E-state index contributed by atoms with van der Waals surface area (Å²) in [5.41, 5.74) is 4.14. The Labute approximate surface area is 208 Å². The average Bonchev–Trinajstić information content (AvgIpc) is 3.55. The van der Waals surface area contributed by atoms with E-state index in [0.717, 1.165) is 16.3 Å². The first-order valence-corrected chi connectivity index (χ1v) is 12.0. The summed E-state index contributed by atoms with van der Waals surface area (Å²) >= 11 is 0. The zero-order valence-electron chi connectivity index (χ0n) is 19.6. The van der Waals surface area contributed by atoms with Crippen LogP contribution in [0.25, 0.3) is 43.6 Å². The van der Waals surface area contributed by atoms with Gasteiger partial charge < -0.3 is 34.8 Å². The lowest BCUT2D eigenvalue weighted by atomic mass is 9.90. The van der Waals surface area contributed by atoms with Gasteiger partial charge in [-0.2, -0.15) is 0 Å². The number of hydrogen-bond donors (Lipinski definition) is 6. The smallest absolute Gasteiger partial charge is 0.259 e. The Kier molecular flexibility index (Phi) is 4.75. The maximum Gasteiger partial charge on any atom is 0.259 e. The average molecular weight is 501 g/mol. The minimum absolute atomic E-state index is 0.323. The summed E-state index contributed by atoms with van der Waals surface area (Å²) in [7, 11) is 1.38. The lowest BCUT2D eigenvalue weighted by molar-refractivity contribution is -0.238. The quantitative estimate of drug-likeness (QED) is 0.207. The van der Waals surface area contributed by atoms with E-state index in [-0.39, 0.29) is 6.61 Å². The number of aliphatic hydroxyl groups excluding tert-OH is 3. The SMILES string of the molecule is CO[C@H]1[C@H](O)[C@@H](O)C(c2ccc3c(c2)[nH]c2c4[nH]c5ccccc5c4c4c(c32)C(=O)NC4=O)O[C@@H]1CO. The molecule has 0 spiro atoms. The number of carbonyl (C=O) groups is 2. The highest BCUT2D eigenvalue weighted by molar-refractivity contribution is 6.39. The van der Waals surface area contributed by atoms with Gasteiger partial charge in [0.2, 0.25) is 0 Å². The van der Waals surface area contributed by atoms with Crippen LogP contribution in [0.1, 0.15) is 32.4 Å². The molecule has 10 heteroatoms. The van der Waals surface area contributed by atoms with Gasteiger partial charge in [0.25, 0.3) is 11.8 Å². The van der Waals surface area contributed by atoms with Gasteiger partial charge in [0.15, 0.2) is 0 Å². The molecule has 2 aromatic heterocycles. The molecule has 2 aliphatic heterocycles. The number of aromatic amines is 2. The predicted molar refractivity (Wildman–Crippen MR) is 134 cm³/mol. The van der Waals surface area contributed by atoms with Gasteiger partial charge in [-0.1, -0.05) is 30.3 Å². The van der Waals surface area contributed by atoms with E-state index in [2.05, 4.69) is 15.3 Å². The third-order valence-electron chi connectivity index (χ3n) is 7.68. The predicted octanol–water partition coefficient (Wildman–Crippen LogP) is 2.01. The molecule has 3 aromatic carbocycles. The molecule has 2 amide bonds. The molecule has 1 fully saturated rings. The topological polar surface area (TPSA) is 157 Å². The minimum Gasteiger partial charge on any atom is -0.394 e. The van der Waals surface area contributed by atoms with Crippen LogP contribution in [0.5, 0.6) is 0 Å². The number of aliphatic hydroxyl groups is 3. The van der Waals surface area contributed by atoms with Gasteiger partial charge in [-0.3, -0.25) is 14.9 Å². The van der Waals surface area contributed by atoms with Gasteiger partial charge in [0, 0.05) is 39.7 Å². The Morgan fingerprint density at radius 3 is 2.22 bits per heavy atom. The minimum atomic E-state index is -1.29. The third-order valence-corrected chi connectivity index (χ3v) is 7.68. The van der Waals surface area contributed by atoms with Crippen LogP contribution in [0.15, 0.2) is 42.5 Å². The lowest BCUT2D eigenvalue weighted by Gasteiger charge is -2.41. The molecule has 0 aliphatic carbocycles. The second kappa shape index (κ2) is 7.85. The standard InChI is InChI=1S/C27H23N3O7/c1-36-25-15(9-31)37-24(22(32)23(25)33)10-6-7-12-14(8-10)29-21-17(12)19-18(26(34)30-27(19)35)16-11-4-2-3-5-13(11)28-20(16)21/h2-8,15,22-25,28-29,31-33H,9H2,1H3,(H,30,34,35)/t15-,22-,23-,24?,25-/m1/s1. The second-order valence-electron chi connectivity index (χ2n) is 9.59. The summed E-state index contributed by atoms with van der Waals surface area (Å²) < 4.78 is 11.2. The van der Waals surface area contributed by atoms with Crippen LogP contribution >= 0.6 is 0 Å². The first kappa shape index (κ1) is 22.4. The zero-order chi connectivity index (χ0) is 25.6. The van der Waals surface area contributed by atoms with Crippen LogP contribution in [0.2, 0.25) is 0 Å². The van der Waals surface area contributed by atoms with Crippen molar-refractivity contribution >= 4 is 55.4 Å². The fourth-order valence-electron chi connectivity index (χ4n) is 6.01. The van der Waals surface area contributed by atoms with E-state index in [9.17, 15) is 24.9 Å². The van der Waals surface area contributed by atoms with Gasteiger partial charge in [-0.05, 0) is 17.7 Å². The molecule has 5 atom stereocenters. The van der Waals surface area contributed by atoms with E-state index < -0.39 is 42.3 Å². The van der Waals surface area contributed by atoms with Crippen molar-refractivity contribution < 1.29 is 34.4 Å². The van der Waals surface area contributed by atoms with Crippen LogP contribution in [0.3, 0.4) is 0 Å². The summed E-state index contributed by atoms with van der Waals surface area (Å²) in [6.07, 6.45) is -5.17. The van der Waals surface area contributed by atoms with Crippen LogP contribution in [0, 0.1) is 0 Å². The van der Waals surface area contributed by atoms with Crippen LogP contribution in [0.4, 0.5) is 0 Å². The summed E-state index contributed by atoms with van der Waals surface area (Å²) in [4.78, 5) is 32.7. The molecule has 0 saturated carbocycles. The van der Waals surface area contributed by atoms with Crippen molar-refractivity contribution in [3.63, 3.8) is 0 Å². The van der Waals surface area contributed by atoms with Crippen LogP contribution in [-0.4, -0.2) is 75.2 Å². The van der Waals surface area contributed by atoms with E-state index in [1.165, 1.54) is 7.11 Å². The molecule has 7 rings (SSSR count). The number of methoxy groups -OCH3 is 1. The first-order chi connectivity index (χ1) is 17.9. The summed E-state index contributed by atoms with van der Waals surface area (Å²) in [6, 6.07) is 12.9. The molecule has 188 valence electrons. The number of fused-ring (bicyclic) bond motifs is 10. The molecule has 1 unspecified atom stereocenters. The second-order valence-corrected chi connectivity index (χ2v) is 9.59. The van der Waals surface area contributed by atoms with Gasteiger partial charge in [0.05, 0.1) is 28.8 Å². The monoisotopic (exact) mass is 501 g/mol. The number of nitrogens with one attached hydrogen (secondary N) is 3. The molecule has 37 heavy (non-hydrogen) atoms. The fraction of sp³-hybridized carbons (Fsp3) is 0.259. The fourth-order valence-corrected chi connectivity index (χ4v) is 6.01. The maximum atomic E-state index is 13.0. The molecule has 0 bridgehead atoms. The highest BCUT2D eigenvalue weighted by atomic mass is 16.6. The summed E-state index contributed by atoms with van der Waals surface area (Å²) in [5.74, 6) is -0.884. The number of rotatable bonds is 3. The Hall–Kier alpha value is -3.80. The number of imide groups is 1. The third kappa shape index (κ3) is 2.93. The zero-order valence-corrected chi connectivity index (χ0v) is 19.6. The number of hydrogen-bond acceptors (Lipinski definition) is 7. The molecule has 6 N–H and O–H groups in total. The summed E-state index contributed by atoms with van der Waals surface area (Å²) in [5, 5.41) is 36.4.